The van der Waals surface area contributed by atoms with Gasteiger partial charge in [0.1, 0.15) is 5.75 Å². The first-order chi connectivity index (χ1) is 14.4. The molecule has 30 heavy (non-hydrogen) atoms. The van der Waals surface area contributed by atoms with Gasteiger partial charge >= 0.3 is 5.97 Å². The van der Waals surface area contributed by atoms with Crippen LogP contribution in [0.4, 0.5) is 0 Å². The van der Waals surface area contributed by atoms with Crippen molar-refractivity contribution in [2.24, 2.45) is 0 Å². The van der Waals surface area contributed by atoms with E-state index in [1.54, 1.807) is 30.3 Å². The molecule has 0 aliphatic carbocycles. The number of amides is 1. The van der Waals surface area contributed by atoms with Crippen LogP contribution in [-0.4, -0.2) is 37.7 Å². The molecule has 0 saturated carbocycles. The number of methoxy groups -OCH3 is 1. The van der Waals surface area contributed by atoms with Crippen LogP contribution in [0.3, 0.4) is 0 Å². The van der Waals surface area contributed by atoms with Crippen molar-refractivity contribution in [1.29, 1.82) is 0 Å². The maximum Gasteiger partial charge on any atom is 0.311 e. The summed E-state index contributed by atoms with van der Waals surface area (Å²) >= 11 is 0. The van der Waals surface area contributed by atoms with Crippen molar-refractivity contribution in [3.05, 3.63) is 53.1 Å². The van der Waals surface area contributed by atoms with Crippen molar-refractivity contribution in [3.63, 3.8) is 0 Å². The van der Waals surface area contributed by atoms with E-state index in [0.717, 1.165) is 5.56 Å². The highest BCUT2D eigenvalue weighted by atomic mass is 16.7. The maximum absolute atomic E-state index is 12.3. The molecule has 0 unspecified atom stereocenters. The van der Waals surface area contributed by atoms with E-state index in [1.807, 2.05) is 6.07 Å². The lowest BCUT2D eigenvalue weighted by atomic mass is 10.0. The zero-order valence-electron chi connectivity index (χ0n) is 17.0. The summed E-state index contributed by atoms with van der Waals surface area (Å²) in [6, 6.07) is 10.2. The molecular weight excluding hydrogens is 390 g/mol. The summed E-state index contributed by atoms with van der Waals surface area (Å²) in [4.78, 5) is 36.2. The van der Waals surface area contributed by atoms with Gasteiger partial charge in [-0.15, -0.1) is 0 Å². The van der Waals surface area contributed by atoms with Crippen LogP contribution in [0.2, 0.25) is 0 Å². The molecule has 2 aromatic carbocycles. The van der Waals surface area contributed by atoms with Crippen molar-refractivity contribution >= 4 is 17.7 Å². The first-order valence-corrected chi connectivity index (χ1v) is 9.41. The summed E-state index contributed by atoms with van der Waals surface area (Å²) in [6.45, 7) is 3.37. The molecule has 3 rings (SSSR count). The van der Waals surface area contributed by atoms with Crippen LogP contribution >= 0.6 is 0 Å². The van der Waals surface area contributed by atoms with Crippen LogP contribution in [0.1, 0.15) is 35.3 Å². The van der Waals surface area contributed by atoms with Crippen molar-refractivity contribution in [3.8, 4) is 17.2 Å². The Labute approximate surface area is 174 Å². The fourth-order valence-electron chi connectivity index (χ4n) is 2.97. The van der Waals surface area contributed by atoms with E-state index in [-0.39, 0.29) is 25.5 Å². The van der Waals surface area contributed by atoms with Crippen LogP contribution in [-0.2, 0) is 27.3 Å². The molecule has 2 aromatic rings. The molecule has 0 saturated heterocycles. The molecule has 0 spiro atoms. The average molecular weight is 413 g/mol. The monoisotopic (exact) mass is 413 g/mol. The van der Waals surface area contributed by atoms with E-state index in [1.165, 1.54) is 21.0 Å². The molecule has 1 aliphatic rings. The van der Waals surface area contributed by atoms with E-state index >= 15 is 0 Å². The predicted molar refractivity (Wildman–Crippen MR) is 107 cm³/mol. The Morgan fingerprint density at radius 3 is 2.60 bits per heavy atom. The minimum atomic E-state index is -0.978. The zero-order valence-corrected chi connectivity index (χ0v) is 17.0. The summed E-state index contributed by atoms with van der Waals surface area (Å²) < 4.78 is 21.0. The van der Waals surface area contributed by atoms with E-state index in [9.17, 15) is 14.4 Å². The van der Waals surface area contributed by atoms with Gasteiger partial charge in [0.05, 0.1) is 13.5 Å². The average Bonchev–Trinajstić information content (AvgIpc) is 3.19. The Balaban J connectivity index is 1.54. The van der Waals surface area contributed by atoms with Crippen molar-refractivity contribution < 1.29 is 33.3 Å². The molecule has 158 valence electrons. The van der Waals surface area contributed by atoms with E-state index in [4.69, 9.17) is 18.9 Å². The number of carbonyl (C=O) groups excluding carboxylic acids is 3. The molecule has 1 heterocycles. The standard InChI is InChI=1S/C22H23NO7/c1-13(24)16-5-7-18(27-3)17(9-16)10-21(25)30-14(2)22(26)23-11-15-4-6-19-20(8-15)29-12-28-19/h4-9,14H,10-12H2,1-3H3,(H,23,26)/t14-/m0/s1. The highest BCUT2D eigenvalue weighted by Gasteiger charge is 2.20. The van der Waals surface area contributed by atoms with Crippen molar-refractivity contribution in [2.75, 3.05) is 13.9 Å². The third-order valence-electron chi connectivity index (χ3n) is 4.60. The summed E-state index contributed by atoms with van der Waals surface area (Å²) in [5, 5.41) is 2.72. The smallest absolute Gasteiger partial charge is 0.311 e. The lowest BCUT2D eigenvalue weighted by molar-refractivity contribution is -0.154. The number of nitrogens with one attached hydrogen (secondary N) is 1. The van der Waals surface area contributed by atoms with Crippen molar-refractivity contribution in [2.45, 2.75) is 32.9 Å². The topological polar surface area (TPSA) is 100 Å². The Bertz CT molecular complexity index is 970. The Hall–Kier alpha value is -3.55. The molecule has 1 aliphatic heterocycles. The molecule has 0 radical (unpaired) electrons. The Morgan fingerprint density at radius 2 is 1.87 bits per heavy atom. The predicted octanol–water partition coefficient (Wildman–Crippen LogP) is 2.42. The number of hydrogen-bond acceptors (Lipinski definition) is 7. The quantitative estimate of drug-likeness (QED) is 0.524. The zero-order chi connectivity index (χ0) is 21.7. The molecule has 8 nitrogen and oxygen atoms in total. The summed E-state index contributed by atoms with van der Waals surface area (Å²) in [5.41, 5.74) is 1.81. The molecular formula is C22H23NO7. The van der Waals surface area contributed by atoms with E-state index < -0.39 is 18.0 Å². The number of esters is 1. The number of carbonyl (C=O) groups is 3. The van der Waals surface area contributed by atoms with Crippen LogP contribution in [0.5, 0.6) is 17.2 Å². The number of Topliss-reactive ketones (excluding diaryl/α,β-unsaturated/α-hetero) is 1. The Kier molecular flexibility index (Phi) is 6.56. The number of rotatable bonds is 8. The lowest BCUT2D eigenvalue weighted by Gasteiger charge is -2.15. The summed E-state index contributed by atoms with van der Waals surface area (Å²) in [7, 11) is 1.48. The van der Waals surface area contributed by atoms with Gasteiger partial charge in [0, 0.05) is 17.7 Å². The van der Waals surface area contributed by atoms with Gasteiger partial charge in [-0.05, 0) is 49.7 Å². The highest BCUT2D eigenvalue weighted by molar-refractivity contribution is 5.94. The molecule has 8 heteroatoms. The molecule has 0 bridgehead atoms. The van der Waals surface area contributed by atoms with Gasteiger partial charge in [-0.25, -0.2) is 0 Å². The molecule has 1 amide bonds. The van der Waals surface area contributed by atoms with Crippen LogP contribution < -0.4 is 19.5 Å². The van der Waals surface area contributed by atoms with E-state index in [0.29, 0.717) is 28.4 Å². The van der Waals surface area contributed by atoms with Gasteiger partial charge in [0.2, 0.25) is 6.79 Å². The third kappa shape index (κ3) is 5.08. The minimum absolute atomic E-state index is 0.121. The fourth-order valence-corrected chi connectivity index (χ4v) is 2.97. The largest absolute Gasteiger partial charge is 0.496 e. The Morgan fingerprint density at radius 1 is 1.10 bits per heavy atom. The number of benzene rings is 2. The minimum Gasteiger partial charge on any atom is -0.496 e. The molecule has 0 fully saturated rings. The maximum atomic E-state index is 12.3. The second-order valence-corrected chi connectivity index (χ2v) is 6.80. The van der Waals surface area contributed by atoms with Crippen molar-refractivity contribution in [1.82, 2.24) is 5.32 Å². The highest BCUT2D eigenvalue weighted by Crippen LogP contribution is 2.32. The fraction of sp³-hybridized carbons (Fsp3) is 0.318. The number of ether oxygens (including phenoxy) is 4. The summed E-state index contributed by atoms with van der Waals surface area (Å²) in [5.74, 6) is 0.616. The SMILES string of the molecule is COc1ccc(C(C)=O)cc1CC(=O)O[C@@H](C)C(=O)NCc1ccc2c(c1)OCO2. The summed E-state index contributed by atoms with van der Waals surface area (Å²) in [6.07, 6.45) is -1.10. The first kappa shape index (κ1) is 21.2. The molecule has 0 aromatic heterocycles. The van der Waals surface area contributed by atoms with Gasteiger partial charge in [0.15, 0.2) is 23.4 Å². The molecule has 1 N–H and O–H groups in total. The van der Waals surface area contributed by atoms with Gasteiger partial charge in [-0.2, -0.15) is 0 Å². The second kappa shape index (κ2) is 9.30. The van der Waals surface area contributed by atoms with Gasteiger partial charge in [-0.3, -0.25) is 14.4 Å². The van der Waals surface area contributed by atoms with Crippen LogP contribution in [0.25, 0.3) is 0 Å². The van der Waals surface area contributed by atoms with Gasteiger partial charge < -0.3 is 24.3 Å². The number of hydrogen-bond donors (Lipinski definition) is 1. The van der Waals surface area contributed by atoms with Crippen LogP contribution in [0, 0.1) is 0 Å². The van der Waals surface area contributed by atoms with E-state index in [2.05, 4.69) is 5.32 Å². The normalized spacial score (nSPS) is 12.8. The van der Waals surface area contributed by atoms with Gasteiger partial charge in [-0.1, -0.05) is 6.07 Å². The number of fused-ring (bicyclic) bond motifs is 1. The first-order valence-electron chi connectivity index (χ1n) is 9.41. The van der Waals surface area contributed by atoms with Gasteiger partial charge in [0.25, 0.3) is 5.91 Å². The third-order valence-corrected chi connectivity index (χ3v) is 4.60. The number of ketones is 1. The lowest BCUT2D eigenvalue weighted by Crippen LogP contribution is -2.35. The van der Waals surface area contributed by atoms with Crippen LogP contribution in [0.15, 0.2) is 36.4 Å². The molecule has 1 atom stereocenters. The second-order valence-electron chi connectivity index (χ2n) is 6.80.